The highest BCUT2D eigenvalue weighted by atomic mass is 15.3. The van der Waals surface area contributed by atoms with Crippen molar-refractivity contribution in [1.29, 1.82) is 0 Å². The molecular weight excluding hydrogens is 212 g/mol. The molecule has 94 valence electrons. The van der Waals surface area contributed by atoms with Crippen molar-refractivity contribution in [3.05, 3.63) is 17.0 Å². The Balaban J connectivity index is 1.87. The molecule has 0 atom stereocenters. The summed E-state index contributed by atoms with van der Waals surface area (Å²) in [5, 5.41) is 4.83. The summed E-state index contributed by atoms with van der Waals surface area (Å²) in [5.41, 5.74) is 10.0. The predicted molar refractivity (Wildman–Crippen MR) is 67.9 cm³/mol. The molecule has 0 spiro atoms. The van der Waals surface area contributed by atoms with Crippen LogP contribution in [0.4, 0.5) is 0 Å². The quantitative estimate of drug-likeness (QED) is 0.833. The van der Waals surface area contributed by atoms with Crippen LogP contribution in [0.1, 0.15) is 42.3 Å². The molecular formula is C13H22N4. The molecule has 4 nitrogen and oxygen atoms in total. The normalized spacial score (nSPS) is 22.0. The number of aryl methyl sites for hydroxylation is 1. The van der Waals surface area contributed by atoms with E-state index in [1.54, 1.807) is 0 Å². The van der Waals surface area contributed by atoms with Gasteiger partial charge in [-0.3, -0.25) is 4.68 Å². The van der Waals surface area contributed by atoms with Gasteiger partial charge in [0.05, 0.1) is 17.4 Å². The largest absolute Gasteiger partial charge is 0.325 e. The number of hydrogen-bond donors (Lipinski definition) is 1. The van der Waals surface area contributed by atoms with Crippen LogP contribution in [0.5, 0.6) is 0 Å². The summed E-state index contributed by atoms with van der Waals surface area (Å²) in [7, 11) is 2.20. The highest BCUT2D eigenvalue weighted by Gasteiger charge is 2.26. The summed E-state index contributed by atoms with van der Waals surface area (Å²) < 4.78 is 2.26. The molecule has 3 rings (SSSR count). The Bertz CT molecular complexity index is 402. The lowest BCUT2D eigenvalue weighted by Gasteiger charge is -2.30. The summed E-state index contributed by atoms with van der Waals surface area (Å²) in [5.74, 6) is 0. The Morgan fingerprint density at radius 1 is 1.29 bits per heavy atom. The first-order valence-corrected chi connectivity index (χ1v) is 6.77. The van der Waals surface area contributed by atoms with Crippen molar-refractivity contribution < 1.29 is 0 Å². The predicted octanol–water partition coefficient (Wildman–Crippen LogP) is 1.10. The molecule has 1 fully saturated rings. The third kappa shape index (κ3) is 1.89. The first-order valence-electron chi connectivity index (χ1n) is 6.77. The minimum Gasteiger partial charge on any atom is -0.325 e. The van der Waals surface area contributed by atoms with Gasteiger partial charge in [0.25, 0.3) is 0 Å². The summed E-state index contributed by atoms with van der Waals surface area (Å²) >= 11 is 0. The molecule has 4 heteroatoms. The van der Waals surface area contributed by atoms with E-state index in [-0.39, 0.29) is 0 Å². The SMILES string of the molecule is CN1CCC(n2nc3c(c2CN)CCC3)CC1. The van der Waals surface area contributed by atoms with E-state index in [1.807, 2.05) is 0 Å². The van der Waals surface area contributed by atoms with Gasteiger partial charge >= 0.3 is 0 Å². The van der Waals surface area contributed by atoms with E-state index in [0.29, 0.717) is 12.6 Å². The monoisotopic (exact) mass is 234 g/mol. The van der Waals surface area contributed by atoms with Crippen LogP contribution in [0.15, 0.2) is 0 Å². The molecule has 0 amide bonds. The molecule has 2 N–H and O–H groups in total. The number of fused-ring (bicyclic) bond motifs is 1. The zero-order valence-corrected chi connectivity index (χ0v) is 10.7. The van der Waals surface area contributed by atoms with Crippen LogP contribution in [0.2, 0.25) is 0 Å². The van der Waals surface area contributed by atoms with E-state index in [1.165, 1.54) is 55.7 Å². The fourth-order valence-electron chi connectivity index (χ4n) is 3.24. The molecule has 1 saturated heterocycles. The van der Waals surface area contributed by atoms with Crippen LogP contribution in [0, 0.1) is 0 Å². The van der Waals surface area contributed by atoms with Gasteiger partial charge in [0.2, 0.25) is 0 Å². The highest BCUT2D eigenvalue weighted by molar-refractivity contribution is 5.30. The number of nitrogens with two attached hydrogens (primary N) is 1. The lowest BCUT2D eigenvalue weighted by atomic mass is 10.1. The van der Waals surface area contributed by atoms with Gasteiger partial charge in [0.15, 0.2) is 0 Å². The smallest absolute Gasteiger partial charge is 0.0660 e. The number of hydrogen-bond acceptors (Lipinski definition) is 3. The number of rotatable bonds is 2. The first kappa shape index (κ1) is 11.2. The van der Waals surface area contributed by atoms with Gasteiger partial charge in [-0.25, -0.2) is 0 Å². The molecule has 2 aliphatic rings. The average Bonchev–Trinajstić information content (AvgIpc) is 2.89. The third-order valence-electron chi connectivity index (χ3n) is 4.27. The molecule has 2 heterocycles. The molecule has 1 aromatic rings. The number of nitrogens with zero attached hydrogens (tertiary/aromatic N) is 3. The van der Waals surface area contributed by atoms with E-state index >= 15 is 0 Å². The van der Waals surface area contributed by atoms with Crippen LogP contribution in [-0.4, -0.2) is 34.8 Å². The molecule has 0 saturated carbocycles. The van der Waals surface area contributed by atoms with Crippen molar-refractivity contribution in [1.82, 2.24) is 14.7 Å². The summed E-state index contributed by atoms with van der Waals surface area (Å²) in [6, 6.07) is 0.579. The molecule has 0 aromatic carbocycles. The van der Waals surface area contributed by atoms with Gasteiger partial charge in [-0.05, 0) is 57.8 Å². The van der Waals surface area contributed by atoms with Gasteiger partial charge in [-0.2, -0.15) is 5.10 Å². The molecule has 17 heavy (non-hydrogen) atoms. The van der Waals surface area contributed by atoms with Gasteiger partial charge in [-0.1, -0.05) is 0 Å². The van der Waals surface area contributed by atoms with Gasteiger partial charge in [-0.15, -0.1) is 0 Å². The van der Waals surface area contributed by atoms with E-state index in [4.69, 9.17) is 10.8 Å². The van der Waals surface area contributed by atoms with E-state index in [2.05, 4.69) is 16.6 Å². The zero-order valence-electron chi connectivity index (χ0n) is 10.7. The van der Waals surface area contributed by atoms with Crippen molar-refractivity contribution in [2.75, 3.05) is 20.1 Å². The Hall–Kier alpha value is -0.870. The molecule has 0 unspecified atom stereocenters. The lowest BCUT2D eigenvalue weighted by Crippen LogP contribution is -2.32. The Kier molecular flexibility index (Phi) is 2.92. The summed E-state index contributed by atoms with van der Waals surface area (Å²) in [6.07, 6.45) is 6.03. The van der Waals surface area contributed by atoms with Gasteiger partial charge in [0, 0.05) is 6.54 Å². The highest BCUT2D eigenvalue weighted by Crippen LogP contribution is 2.30. The third-order valence-corrected chi connectivity index (χ3v) is 4.27. The first-order chi connectivity index (χ1) is 8.29. The molecule has 1 aliphatic carbocycles. The Labute approximate surface area is 103 Å². The van der Waals surface area contributed by atoms with Crippen LogP contribution < -0.4 is 5.73 Å². The number of piperidine rings is 1. The molecule has 0 bridgehead atoms. The zero-order chi connectivity index (χ0) is 11.8. The van der Waals surface area contributed by atoms with Crippen LogP contribution in [0.3, 0.4) is 0 Å². The maximum absolute atomic E-state index is 5.93. The maximum atomic E-state index is 5.93. The molecule has 1 aromatic heterocycles. The van der Waals surface area contributed by atoms with Crippen LogP contribution >= 0.6 is 0 Å². The minimum atomic E-state index is 0.579. The Morgan fingerprint density at radius 3 is 2.76 bits per heavy atom. The average molecular weight is 234 g/mol. The van der Waals surface area contributed by atoms with Crippen molar-refractivity contribution in [2.24, 2.45) is 5.73 Å². The van der Waals surface area contributed by atoms with E-state index < -0.39 is 0 Å². The van der Waals surface area contributed by atoms with Gasteiger partial charge in [0.1, 0.15) is 0 Å². The Morgan fingerprint density at radius 2 is 2.06 bits per heavy atom. The van der Waals surface area contributed by atoms with Crippen molar-refractivity contribution in [2.45, 2.75) is 44.7 Å². The van der Waals surface area contributed by atoms with Crippen molar-refractivity contribution in [3.8, 4) is 0 Å². The second-order valence-electron chi connectivity index (χ2n) is 5.41. The lowest BCUT2D eigenvalue weighted by molar-refractivity contribution is 0.209. The minimum absolute atomic E-state index is 0.579. The second-order valence-corrected chi connectivity index (χ2v) is 5.41. The topological polar surface area (TPSA) is 47.1 Å². The van der Waals surface area contributed by atoms with E-state index in [9.17, 15) is 0 Å². The fourth-order valence-corrected chi connectivity index (χ4v) is 3.24. The number of likely N-dealkylation sites (tertiary alicyclic amines) is 1. The van der Waals surface area contributed by atoms with E-state index in [0.717, 1.165) is 6.42 Å². The standard InChI is InChI=1S/C13H22N4/c1-16-7-5-10(6-8-16)17-13(9-14)11-3-2-4-12(11)15-17/h10H,2-9,14H2,1H3. The fraction of sp³-hybridized carbons (Fsp3) is 0.769. The van der Waals surface area contributed by atoms with Crippen LogP contribution in [0.25, 0.3) is 0 Å². The summed E-state index contributed by atoms with van der Waals surface area (Å²) in [4.78, 5) is 2.40. The molecule has 1 aliphatic heterocycles. The maximum Gasteiger partial charge on any atom is 0.0660 e. The van der Waals surface area contributed by atoms with Crippen LogP contribution in [-0.2, 0) is 19.4 Å². The number of aromatic nitrogens is 2. The van der Waals surface area contributed by atoms with Crippen molar-refractivity contribution >= 4 is 0 Å². The van der Waals surface area contributed by atoms with Gasteiger partial charge < -0.3 is 10.6 Å². The molecule has 0 radical (unpaired) electrons. The summed E-state index contributed by atoms with van der Waals surface area (Å²) in [6.45, 7) is 3.01. The van der Waals surface area contributed by atoms with Crippen molar-refractivity contribution in [3.63, 3.8) is 0 Å². The second kappa shape index (κ2) is 4.42.